The number of nitrogens with one attached hydrogen (secondary N) is 3. The number of aromatic nitrogens is 2. The average Bonchev–Trinajstić information content (AvgIpc) is 2.55. The molecular weight excluding hydrogens is 214 g/mol. The van der Waals surface area contributed by atoms with Gasteiger partial charge in [-0.2, -0.15) is 0 Å². The van der Waals surface area contributed by atoms with E-state index in [-0.39, 0.29) is 11.2 Å². The van der Waals surface area contributed by atoms with Crippen LogP contribution in [0.3, 0.4) is 0 Å². The molecule has 3 N–H and O–H groups in total. The highest BCUT2D eigenvalue weighted by atomic mass is 16.1. The molecule has 4 heteroatoms. The van der Waals surface area contributed by atoms with Crippen molar-refractivity contribution in [3.63, 3.8) is 0 Å². The number of hydrogen-bond donors (Lipinski definition) is 3. The fourth-order valence-corrected chi connectivity index (χ4v) is 1.82. The smallest absolute Gasteiger partial charge is 0.312 e. The van der Waals surface area contributed by atoms with Gasteiger partial charge in [-0.05, 0) is 51.4 Å². The van der Waals surface area contributed by atoms with Crippen molar-refractivity contribution in [1.82, 2.24) is 15.3 Å². The first-order valence-corrected chi connectivity index (χ1v) is 5.90. The largest absolute Gasteiger partial charge is 0.323 e. The van der Waals surface area contributed by atoms with Crippen molar-refractivity contribution < 1.29 is 0 Å². The standard InChI is InChI=1S/C13H19N3O/c1-13(2,3)14-7-6-9-4-5-10-11(8-9)16-12(17)15-10/h4-5,8,14H,6-7H2,1-3H3,(H2,15,16,17). The van der Waals surface area contributed by atoms with Crippen LogP contribution in [0.15, 0.2) is 23.0 Å². The Morgan fingerprint density at radius 3 is 2.59 bits per heavy atom. The average molecular weight is 233 g/mol. The van der Waals surface area contributed by atoms with Crippen LogP contribution in [0.1, 0.15) is 26.3 Å². The molecule has 0 unspecified atom stereocenters. The Balaban J connectivity index is 2.06. The monoisotopic (exact) mass is 233 g/mol. The first-order valence-electron chi connectivity index (χ1n) is 5.90. The molecule has 0 saturated heterocycles. The molecule has 1 heterocycles. The van der Waals surface area contributed by atoms with E-state index in [1.807, 2.05) is 12.1 Å². The van der Waals surface area contributed by atoms with E-state index in [2.05, 4.69) is 42.1 Å². The zero-order valence-electron chi connectivity index (χ0n) is 10.6. The van der Waals surface area contributed by atoms with Crippen LogP contribution in [0.25, 0.3) is 11.0 Å². The third kappa shape index (κ3) is 3.20. The summed E-state index contributed by atoms with van der Waals surface area (Å²) in [4.78, 5) is 16.6. The van der Waals surface area contributed by atoms with Gasteiger partial charge in [-0.1, -0.05) is 6.07 Å². The molecule has 0 aliphatic rings. The topological polar surface area (TPSA) is 60.7 Å². The second-order valence-corrected chi connectivity index (χ2v) is 5.39. The van der Waals surface area contributed by atoms with Crippen molar-refractivity contribution in [2.45, 2.75) is 32.7 Å². The van der Waals surface area contributed by atoms with Gasteiger partial charge in [-0.3, -0.25) is 0 Å². The molecule has 92 valence electrons. The number of aromatic amines is 2. The highest BCUT2D eigenvalue weighted by Crippen LogP contribution is 2.10. The lowest BCUT2D eigenvalue weighted by molar-refractivity contribution is 0.429. The molecule has 0 atom stereocenters. The highest BCUT2D eigenvalue weighted by Gasteiger charge is 2.07. The maximum Gasteiger partial charge on any atom is 0.323 e. The molecule has 0 aliphatic carbocycles. The minimum atomic E-state index is -0.148. The van der Waals surface area contributed by atoms with E-state index < -0.39 is 0 Å². The van der Waals surface area contributed by atoms with Crippen LogP contribution in [0.2, 0.25) is 0 Å². The van der Waals surface area contributed by atoms with Crippen LogP contribution in [-0.4, -0.2) is 22.1 Å². The minimum absolute atomic E-state index is 0.145. The molecule has 2 aromatic rings. The van der Waals surface area contributed by atoms with Gasteiger partial charge in [0, 0.05) is 5.54 Å². The Bertz CT molecular complexity index is 560. The van der Waals surface area contributed by atoms with Crippen LogP contribution >= 0.6 is 0 Å². The van der Waals surface area contributed by atoms with Gasteiger partial charge in [0.25, 0.3) is 0 Å². The summed E-state index contributed by atoms with van der Waals surface area (Å²) in [6.07, 6.45) is 0.959. The van der Waals surface area contributed by atoms with Crippen molar-refractivity contribution in [3.05, 3.63) is 34.2 Å². The summed E-state index contributed by atoms with van der Waals surface area (Å²) in [5.41, 5.74) is 2.97. The van der Waals surface area contributed by atoms with E-state index in [9.17, 15) is 4.79 Å². The van der Waals surface area contributed by atoms with Crippen LogP contribution in [0.4, 0.5) is 0 Å². The Kier molecular flexibility index (Phi) is 3.07. The zero-order chi connectivity index (χ0) is 12.5. The third-order valence-corrected chi connectivity index (χ3v) is 2.65. The van der Waals surface area contributed by atoms with Gasteiger partial charge < -0.3 is 15.3 Å². The molecule has 17 heavy (non-hydrogen) atoms. The number of hydrogen-bond acceptors (Lipinski definition) is 2. The number of imidazole rings is 1. The Morgan fingerprint density at radius 1 is 1.18 bits per heavy atom. The number of rotatable bonds is 3. The summed E-state index contributed by atoms with van der Waals surface area (Å²) in [5, 5.41) is 3.44. The molecule has 0 fully saturated rings. The summed E-state index contributed by atoms with van der Waals surface area (Å²) in [5.74, 6) is 0. The van der Waals surface area contributed by atoms with E-state index in [0.29, 0.717) is 0 Å². The van der Waals surface area contributed by atoms with Crippen molar-refractivity contribution in [2.24, 2.45) is 0 Å². The van der Waals surface area contributed by atoms with Crippen molar-refractivity contribution in [2.75, 3.05) is 6.54 Å². The highest BCUT2D eigenvalue weighted by molar-refractivity contribution is 5.74. The van der Waals surface area contributed by atoms with E-state index in [1.165, 1.54) is 5.56 Å². The third-order valence-electron chi connectivity index (χ3n) is 2.65. The molecule has 2 rings (SSSR count). The van der Waals surface area contributed by atoms with E-state index in [4.69, 9.17) is 0 Å². The lowest BCUT2D eigenvalue weighted by Gasteiger charge is -2.20. The summed E-state index contributed by atoms with van der Waals surface area (Å²) >= 11 is 0. The van der Waals surface area contributed by atoms with Crippen molar-refractivity contribution in [3.8, 4) is 0 Å². The van der Waals surface area contributed by atoms with Crippen LogP contribution in [-0.2, 0) is 6.42 Å². The molecule has 0 spiro atoms. The van der Waals surface area contributed by atoms with Gasteiger partial charge in [0.1, 0.15) is 0 Å². The lowest BCUT2D eigenvalue weighted by Crippen LogP contribution is -2.37. The summed E-state index contributed by atoms with van der Waals surface area (Å²) < 4.78 is 0. The second kappa shape index (κ2) is 4.37. The maximum atomic E-state index is 11.1. The molecular formula is C13H19N3O. The molecule has 1 aromatic carbocycles. The fraction of sp³-hybridized carbons (Fsp3) is 0.462. The number of benzene rings is 1. The van der Waals surface area contributed by atoms with Crippen LogP contribution in [0, 0.1) is 0 Å². The lowest BCUT2D eigenvalue weighted by atomic mass is 10.1. The quantitative estimate of drug-likeness (QED) is 0.757. The van der Waals surface area contributed by atoms with Gasteiger partial charge in [0.05, 0.1) is 11.0 Å². The summed E-state index contributed by atoms with van der Waals surface area (Å²) in [7, 11) is 0. The van der Waals surface area contributed by atoms with Gasteiger partial charge in [-0.15, -0.1) is 0 Å². The molecule has 1 aromatic heterocycles. The van der Waals surface area contributed by atoms with Gasteiger partial charge >= 0.3 is 5.69 Å². The summed E-state index contributed by atoms with van der Waals surface area (Å²) in [6.45, 7) is 7.39. The first kappa shape index (κ1) is 11.9. The Labute approximate surface area is 100 Å². The summed E-state index contributed by atoms with van der Waals surface area (Å²) in [6, 6.07) is 6.02. The Morgan fingerprint density at radius 2 is 1.88 bits per heavy atom. The fourth-order valence-electron chi connectivity index (χ4n) is 1.82. The Hall–Kier alpha value is -1.55. The normalized spacial score (nSPS) is 12.2. The van der Waals surface area contributed by atoms with Gasteiger partial charge in [0.15, 0.2) is 0 Å². The zero-order valence-corrected chi connectivity index (χ0v) is 10.6. The minimum Gasteiger partial charge on any atom is -0.312 e. The molecule has 0 aliphatic heterocycles. The van der Waals surface area contributed by atoms with Crippen molar-refractivity contribution >= 4 is 11.0 Å². The SMILES string of the molecule is CC(C)(C)NCCc1ccc2[nH]c(=O)[nH]c2c1. The molecule has 0 saturated carbocycles. The van der Waals surface area contributed by atoms with Gasteiger partial charge in [0.2, 0.25) is 0 Å². The van der Waals surface area contributed by atoms with E-state index in [0.717, 1.165) is 24.0 Å². The molecule has 0 bridgehead atoms. The molecule has 4 nitrogen and oxygen atoms in total. The predicted molar refractivity (Wildman–Crippen MR) is 70.4 cm³/mol. The predicted octanol–water partition coefficient (Wildman–Crippen LogP) is 1.79. The van der Waals surface area contributed by atoms with Crippen LogP contribution in [0.5, 0.6) is 0 Å². The molecule has 0 amide bonds. The number of H-pyrrole nitrogens is 2. The first-order chi connectivity index (χ1) is 7.94. The maximum absolute atomic E-state index is 11.1. The number of fused-ring (bicyclic) bond motifs is 1. The van der Waals surface area contributed by atoms with Gasteiger partial charge in [-0.25, -0.2) is 4.79 Å². The second-order valence-electron chi connectivity index (χ2n) is 5.39. The van der Waals surface area contributed by atoms with Crippen LogP contribution < -0.4 is 11.0 Å². The van der Waals surface area contributed by atoms with E-state index in [1.54, 1.807) is 0 Å². The molecule has 0 radical (unpaired) electrons. The van der Waals surface area contributed by atoms with E-state index >= 15 is 0 Å². The van der Waals surface area contributed by atoms with Crippen molar-refractivity contribution in [1.29, 1.82) is 0 Å².